The Bertz CT molecular complexity index is 809. The number of ketones is 1. The number of nitrogens with zero attached hydrogens (tertiary/aromatic N) is 1. The normalized spacial score (nSPS) is 19.2. The van der Waals surface area contributed by atoms with E-state index >= 15 is 0 Å². The molecule has 27 heavy (non-hydrogen) atoms. The van der Waals surface area contributed by atoms with Crippen LogP contribution in [0.15, 0.2) is 42.5 Å². The second-order valence-corrected chi connectivity index (χ2v) is 7.48. The summed E-state index contributed by atoms with van der Waals surface area (Å²) in [5, 5.41) is 5.91. The fraction of sp³-hybridized carbons (Fsp3) is 0.364. The van der Waals surface area contributed by atoms with Crippen LogP contribution in [0.25, 0.3) is 0 Å². The SMILES string of the molecule is O=C(CCN1CCC[C@H](Cc2ccccc2)C1)c1cc2c(cc1F)N[CH]N2. The van der Waals surface area contributed by atoms with Gasteiger partial charge in [0, 0.05) is 19.5 Å². The maximum absolute atomic E-state index is 14.2. The Morgan fingerprint density at radius 2 is 1.93 bits per heavy atom. The minimum Gasteiger partial charge on any atom is -0.360 e. The average Bonchev–Trinajstić information content (AvgIpc) is 3.14. The predicted octanol–water partition coefficient (Wildman–Crippen LogP) is 4.31. The highest BCUT2D eigenvalue weighted by Gasteiger charge is 2.22. The Kier molecular flexibility index (Phi) is 5.39. The first-order valence-electron chi connectivity index (χ1n) is 9.67. The van der Waals surface area contributed by atoms with Crippen molar-refractivity contribution in [3.63, 3.8) is 0 Å². The number of fused-ring (bicyclic) bond motifs is 1. The van der Waals surface area contributed by atoms with E-state index in [1.165, 1.54) is 18.1 Å². The van der Waals surface area contributed by atoms with Crippen molar-refractivity contribution in [2.75, 3.05) is 30.3 Å². The van der Waals surface area contributed by atoms with Crippen LogP contribution in [0.1, 0.15) is 35.2 Å². The van der Waals surface area contributed by atoms with E-state index in [-0.39, 0.29) is 11.3 Å². The lowest BCUT2D eigenvalue weighted by atomic mass is 9.91. The van der Waals surface area contributed by atoms with Crippen molar-refractivity contribution in [2.24, 2.45) is 5.92 Å². The summed E-state index contributed by atoms with van der Waals surface area (Å²) >= 11 is 0. The topological polar surface area (TPSA) is 44.4 Å². The number of nitrogens with one attached hydrogen (secondary N) is 2. The molecular weight excluding hydrogens is 341 g/mol. The van der Waals surface area contributed by atoms with E-state index in [1.807, 2.05) is 6.07 Å². The van der Waals surface area contributed by atoms with Gasteiger partial charge in [-0.05, 0) is 49.4 Å². The van der Waals surface area contributed by atoms with Crippen molar-refractivity contribution in [2.45, 2.75) is 25.7 Å². The second-order valence-electron chi connectivity index (χ2n) is 7.48. The molecule has 1 fully saturated rings. The highest BCUT2D eigenvalue weighted by atomic mass is 19.1. The fourth-order valence-corrected chi connectivity index (χ4v) is 4.08. The zero-order chi connectivity index (χ0) is 18.6. The minimum absolute atomic E-state index is 0.130. The van der Waals surface area contributed by atoms with Crippen molar-refractivity contribution >= 4 is 17.2 Å². The van der Waals surface area contributed by atoms with Crippen molar-refractivity contribution in [3.05, 3.63) is 66.1 Å². The Morgan fingerprint density at radius 3 is 2.74 bits per heavy atom. The standard InChI is InChI=1S/C22H25FN3O/c23-19-13-21-20(24-15-25-21)12-18(19)22(27)8-10-26-9-4-7-17(14-26)11-16-5-2-1-3-6-16/h1-3,5-6,12-13,15,17,24-25H,4,7-11,14H2/t17-/m1/s1. The Morgan fingerprint density at radius 1 is 1.15 bits per heavy atom. The second kappa shape index (κ2) is 8.09. The van der Waals surface area contributed by atoms with Gasteiger partial charge < -0.3 is 15.5 Å². The van der Waals surface area contributed by atoms with E-state index in [0.29, 0.717) is 24.6 Å². The molecular formula is C22H25FN3O. The van der Waals surface area contributed by atoms with Crippen LogP contribution < -0.4 is 10.6 Å². The van der Waals surface area contributed by atoms with Gasteiger partial charge in [-0.3, -0.25) is 4.79 Å². The van der Waals surface area contributed by atoms with Gasteiger partial charge in [-0.15, -0.1) is 0 Å². The van der Waals surface area contributed by atoms with E-state index < -0.39 is 5.82 Å². The number of Topliss-reactive ketones (excluding diaryl/α,β-unsaturated/α-hetero) is 1. The van der Waals surface area contributed by atoms with Crippen LogP contribution >= 0.6 is 0 Å². The average molecular weight is 366 g/mol. The van der Waals surface area contributed by atoms with Gasteiger partial charge in [0.25, 0.3) is 0 Å². The van der Waals surface area contributed by atoms with Crippen LogP contribution in [0.3, 0.4) is 0 Å². The highest BCUT2D eigenvalue weighted by molar-refractivity contribution is 5.98. The summed E-state index contributed by atoms with van der Waals surface area (Å²) in [5.74, 6) is 0.0388. The van der Waals surface area contributed by atoms with Gasteiger partial charge in [0.05, 0.1) is 16.9 Å². The zero-order valence-corrected chi connectivity index (χ0v) is 15.4. The zero-order valence-electron chi connectivity index (χ0n) is 15.4. The molecule has 0 unspecified atom stereocenters. The van der Waals surface area contributed by atoms with Crippen LogP contribution in [-0.2, 0) is 6.42 Å². The molecule has 0 bridgehead atoms. The molecule has 0 spiro atoms. The molecule has 4 nitrogen and oxygen atoms in total. The Balaban J connectivity index is 1.32. The van der Waals surface area contributed by atoms with E-state index in [9.17, 15) is 9.18 Å². The van der Waals surface area contributed by atoms with Gasteiger partial charge in [0.1, 0.15) is 12.5 Å². The summed E-state index contributed by atoms with van der Waals surface area (Å²) in [6.45, 7) is 4.36. The van der Waals surface area contributed by atoms with Crippen LogP contribution in [0, 0.1) is 18.4 Å². The van der Waals surface area contributed by atoms with Gasteiger partial charge in [-0.1, -0.05) is 30.3 Å². The number of likely N-dealkylation sites (tertiary alicyclic amines) is 1. The smallest absolute Gasteiger partial charge is 0.167 e. The van der Waals surface area contributed by atoms with Crippen LogP contribution in [0.2, 0.25) is 0 Å². The minimum atomic E-state index is -0.455. The maximum Gasteiger partial charge on any atom is 0.167 e. The van der Waals surface area contributed by atoms with Crippen LogP contribution in [0.5, 0.6) is 0 Å². The Hall–Kier alpha value is -2.40. The molecule has 2 N–H and O–H groups in total. The summed E-state index contributed by atoms with van der Waals surface area (Å²) in [6, 6.07) is 13.6. The molecule has 141 valence electrons. The van der Waals surface area contributed by atoms with Crippen molar-refractivity contribution in [1.29, 1.82) is 0 Å². The lowest BCUT2D eigenvalue weighted by Crippen LogP contribution is -2.37. The molecule has 4 rings (SSSR count). The number of carbonyl (C=O) groups is 1. The van der Waals surface area contributed by atoms with Gasteiger partial charge in [0.15, 0.2) is 5.78 Å². The number of carbonyl (C=O) groups excluding carboxylic acids is 1. The maximum atomic E-state index is 14.2. The molecule has 2 aromatic carbocycles. The number of hydrogen-bond donors (Lipinski definition) is 2. The first-order valence-corrected chi connectivity index (χ1v) is 9.67. The lowest BCUT2D eigenvalue weighted by molar-refractivity contribution is 0.0942. The van der Waals surface area contributed by atoms with Gasteiger partial charge in [0.2, 0.25) is 0 Å². The molecule has 1 saturated heterocycles. The van der Waals surface area contributed by atoms with Gasteiger partial charge >= 0.3 is 0 Å². The van der Waals surface area contributed by atoms with Crippen LogP contribution in [-0.4, -0.2) is 30.3 Å². The number of rotatable bonds is 6. The summed E-state index contributed by atoms with van der Waals surface area (Å²) in [5.41, 5.74) is 2.97. The Labute approximate surface area is 159 Å². The van der Waals surface area contributed by atoms with Crippen molar-refractivity contribution < 1.29 is 9.18 Å². The van der Waals surface area contributed by atoms with Crippen molar-refractivity contribution in [1.82, 2.24) is 4.90 Å². The predicted molar refractivity (Wildman–Crippen MR) is 106 cm³/mol. The molecule has 1 atom stereocenters. The summed E-state index contributed by atoms with van der Waals surface area (Å²) in [6.07, 6.45) is 3.82. The molecule has 0 amide bonds. The van der Waals surface area contributed by atoms with Crippen molar-refractivity contribution in [3.8, 4) is 0 Å². The molecule has 1 radical (unpaired) electrons. The molecule has 2 aliphatic heterocycles. The molecule has 2 aliphatic rings. The third-order valence-corrected chi connectivity index (χ3v) is 5.49. The lowest BCUT2D eigenvalue weighted by Gasteiger charge is -2.32. The third-order valence-electron chi connectivity index (χ3n) is 5.49. The quantitative estimate of drug-likeness (QED) is 0.748. The first kappa shape index (κ1) is 18.0. The van der Waals surface area contributed by atoms with Gasteiger partial charge in [-0.25, -0.2) is 4.39 Å². The van der Waals surface area contributed by atoms with E-state index in [2.05, 4.69) is 39.8 Å². The number of piperidine rings is 1. The molecule has 0 aliphatic carbocycles. The highest BCUT2D eigenvalue weighted by Crippen LogP contribution is 2.31. The number of benzene rings is 2. The van der Waals surface area contributed by atoms with Gasteiger partial charge in [-0.2, -0.15) is 0 Å². The molecule has 2 heterocycles. The number of halogens is 1. The summed E-state index contributed by atoms with van der Waals surface area (Å²) in [4.78, 5) is 14.9. The summed E-state index contributed by atoms with van der Waals surface area (Å²) in [7, 11) is 0. The third kappa shape index (κ3) is 4.30. The summed E-state index contributed by atoms with van der Waals surface area (Å²) < 4.78 is 14.2. The molecule has 5 heteroatoms. The monoisotopic (exact) mass is 366 g/mol. The molecule has 2 aromatic rings. The number of anilines is 2. The molecule has 0 saturated carbocycles. The largest absolute Gasteiger partial charge is 0.360 e. The first-order chi connectivity index (χ1) is 13.2. The molecule has 0 aromatic heterocycles. The van der Waals surface area contributed by atoms with Crippen LogP contribution in [0.4, 0.5) is 15.8 Å². The number of hydrogen-bond acceptors (Lipinski definition) is 4. The van der Waals surface area contributed by atoms with E-state index in [0.717, 1.165) is 31.6 Å². The van der Waals surface area contributed by atoms with E-state index in [1.54, 1.807) is 12.7 Å². The van der Waals surface area contributed by atoms with E-state index in [4.69, 9.17) is 0 Å². The fourth-order valence-electron chi connectivity index (χ4n) is 4.08.